The zero-order chi connectivity index (χ0) is 25.9. The molecule has 4 nitrogen and oxygen atoms in total. The van der Waals surface area contributed by atoms with E-state index in [4.69, 9.17) is 8.85 Å². The zero-order valence-electron chi connectivity index (χ0n) is 22.7. The molecule has 0 saturated carbocycles. The van der Waals surface area contributed by atoms with Crippen molar-refractivity contribution in [1.29, 1.82) is 0 Å². The van der Waals surface area contributed by atoms with Crippen LogP contribution in [0.25, 0.3) is 0 Å². The molecule has 34 heavy (non-hydrogen) atoms. The maximum absolute atomic E-state index is 13.4. The summed E-state index contributed by atoms with van der Waals surface area (Å²) in [6.45, 7) is 22.5. The monoisotopic (exact) mass is 498 g/mol. The number of carbonyl (C=O) groups is 2. The maximum atomic E-state index is 13.4. The Hall–Kier alpha value is -1.87. The van der Waals surface area contributed by atoms with Gasteiger partial charge in [0.2, 0.25) is 11.6 Å². The number of hydrogen-bond donors (Lipinski definition) is 0. The van der Waals surface area contributed by atoms with Gasteiger partial charge in [0.05, 0.1) is 13.2 Å². The minimum Gasteiger partial charge on any atom is -0.413 e. The third kappa shape index (κ3) is 6.63. The number of benzene rings is 2. The molecule has 0 aliphatic heterocycles. The van der Waals surface area contributed by atoms with Crippen molar-refractivity contribution in [3.63, 3.8) is 0 Å². The summed E-state index contributed by atoms with van der Waals surface area (Å²) in [4.78, 5) is 26.7. The highest BCUT2D eigenvalue weighted by molar-refractivity contribution is 6.74. The highest BCUT2D eigenvalue weighted by atomic mass is 28.4. The number of carbonyl (C=O) groups excluding carboxylic acids is 2. The molecule has 0 aliphatic carbocycles. The Bertz CT molecular complexity index is 944. The SMILES string of the molecule is CC(C)(C)[Si](C)(C)OCc1ccccc1C(=O)C(=O)c1ccccc1CO[Si](C)(C)C(C)(C)C. The molecule has 6 heteroatoms. The predicted molar refractivity (Wildman–Crippen MR) is 146 cm³/mol. The third-order valence-corrected chi connectivity index (χ3v) is 16.5. The molecule has 0 aliphatic rings. The fourth-order valence-electron chi connectivity index (χ4n) is 2.93. The van der Waals surface area contributed by atoms with Crippen LogP contribution in [-0.4, -0.2) is 28.2 Å². The van der Waals surface area contributed by atoms with E-state index in [-0.39, 0.29) is 10.1 Å². The van der Waals surface area contributed by atoms with Crippen LogP contribution < -0.4 is 0 Å². The van der Waals surface area contributed by atoms with Crippen molar-refractivity contribution in [1.82, 2.24) is 0 Å². The van der Waals surface area contributed by atoms with Crippen LogP contribution in [0.1, 0.15) is 73.4 Å². The second-order valence-electron chi connectivity index (χ2n) is 12.1. The minimum atomic E-state index is -2.00. The second kappa shape index (κ2) is 10.4. The van der Waals surface area contributed by atoms with Gasteiger partial charge in [-0.25, -0.2) is 0 Å². The first kappa shape index (κ1) is 28.4. The molecule has 186 valence electrons. The standard InChI is InChI=1S/C28H42O4Si2/c1-27(2,3)33(7,8)31-19-21-15-11-13-17-23(21)25(29)26(30)24-18-14-12-16-22(24)20-32-34(9,10)28(4,5)6/h11-18H,19-20H2,1-10H3. The molecule has 0 spiro atoms. The van der Waals surface area contributed by atoms with Gasteiger partial charge in [-0.2, -0.15) is 0 Å². The molecule has 0 heterocycles. The van der Waals surface area contributed by atoms with Gasteiger partial charge in [0.15, 0.2) is 16.6 Å². The van der Waals surface area contributed by atoms with E-state index in [1.54, 1.807) is 24.3 Å². The molecule has 0 saturated heterocycles. The topological polar surface area (TPSA) is 52.6 Å². The molecule has 0 N–H and O–H groups in total. The Labute approximate surface area is 208 Å². The lowest BCUT2D eigenvalue weighted by molar-refractivity contribution is 0.0814. The first-order chi connectivity index (χ1) is 15.5. The molecular weight excluding hydrogens is 456 g/mol. The molecule has 2 aromatic carbocycles. The van der Waals surface area contributed by atoms with Crippen molar-refractivity contribution in [3.05, 3.63) is 70.8 Å². The van der Waals surface area contributed by atoms with Crippen LogP contribution in [0.5, 0.6) is 0 Å². The van der Waals surface area contributed by atoms with Gasteiger partial charge in [0, 0.05) is 11.1 Å². The number of ketones is 2. The molecule has 2 rings (SSSR count). The van der Waals surface area contributed by atoms with Gasteiger partial charge in [-0.3, -0.25) is 9.59 Å². The average molecular weight is 499 g/mol. The molecule has 0 amide bonds. The van der Waals surface area contributed by atoms with Crippen LogP contribution in [0.4, 0.5) is 0 Å². The van der Waals surface area contributed by atoms with E-state index in [2.05, 4.69) is 67.7 Å². The van der Waals surface area contributed by atoms with E-state index in [0.29, 0.717) is 24.3 Å². The first-order valence-electron chi connectivity index (χ1n) is 12.0. The van der Waals surface area contributed by atoms with Crippen molar-refractivity contribution < 1.29 is 18.4 Å². The summed E-state index contributed by atoms with van der Waals surface area (Å²) in [5.74, 6) is -1.01. The summed E-state index contributed by atoms with van der Waals surface area (Å²) in [5.41, 5.74) is 2.32. The quantitative estimate of drug-likeness (QED) is 0.201. The zero-order valence-corrected chi connectivity index (χ0v) is 24.7. The molecule has 0 atom stereocenters. The molecule has 0 fully saturated rings. The summed E-state index contributed by atoms with van der Waals surface area (Å²) in [5, 5.41) is 0.121. The van der Waals surface area contributed by atoms with Crippen LogP contribution in [-0.2, 0) is 22.1 Å². The minimum absolute atomic E-state index is 0.0604. The average Bonchev–Trinajstić information content (AvgIpc) is 2.74. The highest BCUT2D eigenvalue weighted by Gasteiger charge is 2.38. The van der Waals surface area contributed by atoms with Crippen LogP contribution in [0, 0.1) is 0 Å². The molecule has 0 unspecified atom stereocenters. The van der Waals surface area contributed by atoms with Gasteiger partial charge in [0.1, 0.15) is 0 Å². The fraction of sp³-hybridized carbons (Fsp3) is 0.500. The van der Waals surface area contributed by atoms with E-state index in [1.807, 2.05) is 24.3 Å². The van der Waals surface area contributed by atoms with Crippen LogP contribution in [0.15, 0.2) is 48.5 Å². The van der Waals surface area contributed by atoms with Crippen molar-refractivity contribution in [2.45, 2.75) is 91.0 Å². The third-order valence-electron chi connectivity index (χ3n) is 7.52. The van der Waals surface area contributed by atoms with E-state index in [0.717, 1.165) is 11.1 Å². The van der Waals surface area contributed by atoms with E-state index in [1.165, 1.54) is 0 Å². The van der Waals surface area contributed by atoms with Crippen molar-refractivity contribution in [2.75, 3.05) is 0 Å². The van der Waals surface area contributed by atoms with E-state index < -0.39 is 28.2 Å². The van der Waals surface area contributed by atoms with Crippen LogP contribution in [0.2, 0.25) is 36.3 Å². The normalized spacial score (nSPS) is 13.1. The summed E-state index contributed by atoms with van der Waals surface area (Å²) < 4.78 is 12.7. The summed E-state index contributed by atoms with van der Waals surface area (Å²) in [7, 11) is -4.00. The lowest BCUT2D eigenvalue weighted by Gasteiger charge is -2.36. The second-order valence-corrected chi connectivity index (χ2v) is 21.7. The van der Waals surface area contributed by atoms with Crippen LogP contribution in [0.3, 0.4) is 0 Å². The largest absolute Gasteiger partial charge is 0.413 e. The Kier molecular flexibility index (Phi) is 8.68. The molecule has 0 aromatic heterocycles. The lowest BCUT2D eigenvalue weighted by Crippen LogP contribution is -2.40. The smallest absolute Gasteiger partial charge is 0.233 e. The predicted octanol–water partition coefficient (Wildman–Crippen LogP) is 7.80. The van der Waals surface area contributed by atoms with Gasteiger partial charge in [-0.05, 0) is 47.4 Å². The van der Waals surface area contributed by atoms with Gasteiger partial charge >= 0.3 is 0 Å². The Balaban J connectivity index is 2.29. The van der Waals surface area contributed by atoms with Gasteiger partial charge in [-0.1, -0.05) is 90.1 Å². The molecule has 2 aromatic rings. The summed E-state index contributed by atoms with van der Waals surface area (Å²) in [6, 6.07) is 14.5. The molecular formula is C28H42O4Si2. The highest BCUT2D eigenvalue weighted by Crippen LogP contribution is 2.38. The number of Topliss-reactive ketones (excluding diaryl/α,β-unsaturated/α-hetero) is 2. The van der Waals surface area contributed by atoms with Crippen molar-refractivity contribution >= 4 is 28.2 Å². The summed E-state index contributed by atoms with van der Waals surface area (Å²) in [6.07, 6.45) is 0. The van der Waals surface area contributed by atoms with E-state index in [9.17, 15) is 9.59 Å². The first-order valence-corrected chi connectivity index (χ1v) is 17.8. The van der Waals surface area contributed by atoms with Gasteiger partial charge in [0.25, 0.3) is 0 Å². The van der Waals surface area contributed by atoms with E-state index >= 15 is 0 Å². The Morgan fingerprint density at radius 1 is 0.618 bits per heavy atom. The maximum Gasteiger partial charge on any atom is 0.233 e. The fourth-order valence-corrected chi connectivity index (χ4v) is 4.83. The molecule has 0 radical (unpaired) electrons. The Morgan fingerprint density at radius 2 is 0.912 bits per heavy atom. The molecule has 0 bridgehead atoms. The van der Waals surface area contributed by atoms with Gasteiger partial charge < -0.3 is 8.85 Å². The van der Waals surface area contributed by atoms with Crippen molar-refractivity contribution in [2.24, 2.45) is 0 Å². The summed E-state index contributed by atoms with van der Waals surface area (Å²) >= 11 is 0. The van der Waals surface area contributed by atoms with Crippen molar-refractivity contribution in [3.8, 4) is 0 Å². The van der Waals surface area contributed by atoms with Crippen LogP contribution >= 0.6 is 0 Å². The van der Waals surface area contributed by atoms with Gasteiger partial charge in [-0.15, -0.1) is 0 Å². The lowest BCUT2D eigenvalue weighted by atomic mass is 9.95. The number of hydrogen-bond acceptors (Lipinski definition) is 4. The number of rotatable bonds is 9. The Morgan fingerprint density at radius 3 is 1.21 bits per heavy atom.